The van der Waals surface area contributed by atoms with Crippen LogP contribution in [0.4, 0.5) is 0 Å². The molecule has 0 N–H and O–H groups in total. The van der Waals surface area contributed by atoms with Crippen LogP contribution in [0.25, 0.3) is 0 Å². The number of ether oxygens (including phenoxy) is 2. The van der Waals surface area contributed by atoms with E-state index in [0.29, 0.717) is 12.4 Å². The molecule has 0 aromatic rings. The van der Waals surface area contributed by atoms with Crippen molar-refractivity contribution in [2.24, 2.45) is 0 Å². The van der Waals surface area contributed by atoms with Crippen molar-refractivity contribution in [1.29, 1.82) is 0 Å². The van der Waals surface area contributed by atoms with Crippen molar-refractivity contribution in [2.75, 3.05) is 7.11 Å². The molecule has 1 aliphatic heterocycles. The monoisotopic (exact) mass is 194 g/mol. The lowest BCUT2D eigenvalue weighted by Gasteiger charge is -2.07. The molecular formula is C11H14O3. The molecule has 3 heteroatoms. The first kappa shape index (κ1) is 10.6. The summed E-state index contributed by atoms with van der Waals surface area (Å²) in [5.74, 6) is 0.270. The van der Waals surface area contributed by atoms with E-state index >= 15 is 0 Å². The molecule has 0 bridgehead atoms. The second-order valence-electron chi connectivity index (χ2n) is 2.87. The van der Waals surface area contributed by atoms with E-state index in [2.05, 4.69) is 0 Å². The molecule has 0 aromatic heterocycles. The Hall–Kier alpha value is -1.51. The Bertz CT molecular complexity index is 287. The largest absolute Gasteiger partial charge is 0.469 e. The van der Waals surface area contributed by atoms with Gasteiger partial charge in [0.05, 0.1) is 13.2 Å². The zero-order chi connectivity index (χ0) is 10.4. The Morgan fingerprint density at radius 3 is 2.93 bits per heavy atom. The lowest BCUT2D eigenvalue weighted by molar-refractivity contribution is -0.121. The number of hydrogen-bond acceptors (Lipinski definition) is 3. The van der Waals surface area contributed by atoms with E-state index in [1.165, 1.54) is 13.2 Å². The number of allylic oxidation sites excluding steroid dienone is 3. The maximum Gasteiger partial charge on any atom is 0.283 e. The van der Waals surface area contributed by atoms with Crippen LogP contribution in [0.15, 0.2) is 36.3 Å². The van der Waals surface area contributed by atoms with Gasteiger partial charge >= 0.3 is 0 Å². The third kappa shape index (κ3) is 2.76. The van der Waals surface area contributed by atoms with Crippen molar-refractivity contribution in [1.82, 2.24) is 0 Å². The zero-order valence-corrected chi connectivity index (χ0v) is 8.40. The van der Waals surface area contributed by atoms with Crippen LogP contribution in [0.1, 0.15) is 13.3 Å². The predicted molar refractivity (Wildman–Crippen MR) is 53.5 cm³/mol. The summed E-state index contributed by atoms with van der Waals surface area (Å²) in [5, 5.41) is 0. The molecule has 1 atom stereocenters. The molecule has 1 rings (SSSR count). The topological polar surface area (TPSA) is 35.5 Å². The lowest BCUT2D eigenvalue weighted by atomic mass is 10.2. The Kier molecular flexibility index (Phi) is 3.98. The van der Waals surface area contributed by atoms with Crippen LogP contribution in [-0.2, 0) is 14.3 Å². The standard InChI is InChI=1S/C11H14O3/c1-3-4-5-6-7-10-9(12)8-11(13-2)14-10/h3-6,8,10H,7H2,1-2H3/b4-3+,6-5+/t10-/m1/s1. The molecule has 76 valence electrons. The van der Waals surface area contributed by atoms with Crippen molar-refractivity contribution < 1.29 is 14.3 Å². The normalized spacial score (nSPS) is 21.7. The smallest absolute Gasteiger partial charge is 0.283 e. The first-order valence-electron chi connectivity index (χ1n) is 4.52. The minimum absolute atomic E-state index is 0.0352. The van der Waals surface area contributed by atoms with Crippen LogP contribution in [0, 0.1) is 0 Å². The lowest BCUT2D eigenvalue weighted by Crippen LogP contribution is -2.14. The summed E-state index contributed by atoms with van der Waals surface area (Å²) in [5.41, 5.74) is 0. The van der Waals surface area contributed by atoms with Crippen LogP contribution >= 0.6 is 0 Å². The third-order valence-corrected chi connectivity index (χ3v) is 1.83. The Morgan fingerprint density at radius 2 is 2.36 bits per heavy atom. The molecule has 0 saturated heterocycles. The third-order valence-electron chi connectivity index (χ3n) is 1.83. The maximum atomic E-state index is 11.3. The van der Waals surface area contributed by atoms with Gasteiger partial charge in [0.15, 0.2) is 6.10 Å². The molecule has 0 aromatic carbocycles. The fourth-order valence-corrected chi connectivity index (χ4v) is 1.10. The molecule has 0 aliphatic carbocycles. The first-order valence-corrected chi connectivity index (χ1v) is 4.52. The van der Waals surface area contributed by atoms with Crippen LogP contribution in [0.3, 0.4) is 0 Å². The zero-order valence-electron chi connectivity index (χ0n) is 8.40. The average Bonchev–Trinajstić information content (AvgIpc) is 2.54. The van der Waals surface area contributed by atoms with Gasteiger partial charge in [-0.15, -0.1) is 0 Å². The van der Waals surface area contributed by atoms with E-state index in [4.69, 9.17) is 9.47 Å². The molecule has 0 spiro atoms. The van der Waals surface area contributed by atoms with Gasteiger partial charge in [0.2, 0.25) is 5.78 Å². The molecule has 0 radical (unpaired) electrons. The summed E-state index contributed by atoms with van der Waals surface area (Å²) in [6, 6.07) is 0. The number of hydrogen-bond donors (Lipinski definition) is 0. The van der Waals surface area contributed by atoms with Crippen LogP contribution in [0.2, 0.25) is 0 Å². The summed E-state index contributed by atoms with van der Waals surface area (Å²) in [6.45, 7) is 1.94. The SMILES string of the molecule is C/C=C/C=C/C[C@H]1OC(OC)=CC1=O. The van der Waals surface area contributed by atoms with Gasteiger partial charge < -0.3 is 9.47 Å². The molecule has 0 saturated carbocycles. The number of ketones is 1. The quantitative estimate of drug-likeness (QED) is 0.642. The van der Waals surface area contributed by atoms with Crippen molar-refractivity contribution in [2.45, 2.75) is 19.4 Å². The summed E-state index contributed by atoms with van der Waals surface area (Å²) >= 11 is 0. The summed E-state index contributed by atoms with van der Waals surface area (Å²) in [7, 11) is 1.48. The Balaban J connectivity index is 2.39. The highest BCUT2D eigenvalue weighted by molar-refractivity contribution is 5.95. The molecule has 3 nitrogen and oxygen atoms in total. The van der Waals surface area contributed by atoms with Crippen molar-refractivity contribution >= 4 is 5.78 Å². The van der Waals surface area contributed by atoms with Crippen LogP contribution in [-0.4, -0.2) is 19.0 Å². The molecule has 14 heavy (non-hydrogen) atoms. The van der Waals surface area contributed by atoms with E-state index < -0.39 is 6.10 Å². The first-order chi connectivity index (χ1) is 6.77. The fraction of sp³-hybridized carbons (Fsp3) is 0.364. The molecular weight excluding hydrogens is 180 g/mol. The number of methoxy groups -OCH3 is 1. The van der Waals surface area contributed by atoms with Crippen molar-refractivity contribution in [3.8, 4) is 0 Å². The highest BCUT2D eigenvalue weighted by Gasteiger charge is 2.26. The van der Waals surface area contributed by atoms with Gasteiger partial charge in [0.1, 0.15) is 0 Å². The number of rotatable bonds is 4. The van der Waals surface area contributed by atoms with Crippen LogP contribution in [0.5, 0.6) is 0 Å². The minimum atomic E-state index is -0.411. The van der Waals surface area contributed by atoms with E-state index in [1.54, 1.807) is 0 Å². The Labute approximate surface area is 83.7 Å². The molecule has 1 heterocycles. The van der Waals surface area contributed by atoms with Crippen LogP contribution < -0.4 is 0 Å². The van der Waals surface area contributed by atoms with E-state index in [9.17, 15) is 4.79 Å². The molecule has 0 fully saturated rings. The van der Waals surface area contributed by atoms with Gasteiger partial charge in [-0.25, -0.2) is 0 Å². The van der Waals surface area contributed by atoms with Gasteiger partial charge in [-0.3, -0.25) is 4.79 Å². The summed E-state index contributed by atoms with van der Waals surface area (Å²) in [6.07, 6.45) is 9.17. The van der Waals surface area contributed by atoms with Crippen molar-refractivity contribution in [3.63, 3.8) is 0 Å². The minimum Gasteiger partial charge on any atom is -0.469 e. The fourth-order valence-electron chi connectivity index (χ4n) is 1.10. The van der Waals surface area contributed by atoms with Gasteiger partial charge in [0.25, 0.3) is 5.95 Å². The van der Waals surface area contributed by atoms with Gasteiger partial charge in [-0.05, 0) is 6.92 Å². The number of carbonyl (C=O) groups is 1. The van der Waals surface area contributed by atoms with Crippen molar-refractivity contribution in [3.05, 3.63) is 36.3 Å². The van der Waals surface area contributed by atoms with E-state index in [-0.39, 0.29) is 5.78 Å². The molecule has 0 amide bonds. The molecule has 1 aliphatic rings. The second-order valence-corrected chi connectivity index (χ2v) is 2.87. The highest BCUT2D eigenvalue weighted by Crippen LogP contribution is 2.17. The maximum absolute atomic E-state index is 11.3. The summed E-state index contributed by atoms with van der Waals surface area (Å²) < 4.78 is 10.0. The second kappa shape index (κ2) is 5.27. The average molecular weight is 194 g/mol. The Morgan fingerprint density at radius 1 is 1.57 bits per heavy atom. The highest BCUT2D eigenvalue weighted by atomic mass is 16.7. The van der Waals surface area contributed by atoms with Gasteiger partial charge in [-0.2, -0.15) is 0 Å². The summed E-state index contributed by atoms with van der Waals surface area (Å²) in [4.78, 5) is 11.3. The molecule has 0 unspecified atom stereocenters. The predicted octanol–water partition coefficient (Wildman–Crippen LogP) is 1.96. The van der Waals surface area contributed by atoms with E-state index in [1.807, 2.05) is 31.2 Å². The van der Waals surface area contributed by atoms with E-state index in [0.717, 1.165) is 0 Å². The number of carbonyl (C=O) groups excluding carboxylic acids is 1. The van der Waals surface area contributed by atoms with Gasteiger partial charge in [-0.1, -0.05) is 24.3 Å². The van der Waals surface area contributed by atoms with Gasteiger partial charge in [0, 0.05) is 6.42 Å².